The molecule has 1 unspecified atom stereocenters. The van der Waals surface area contributed by atoms with Gasteiger partial charge in [0, 0.05) is 18.0 Å². The van der Waals surface area contributed by atoms with Crippen LogP contribution in [0, 0.1) is 0 Å². The average molecular weight is 297 g/mol. The van der Waals surface area contributed by atoms with Crippen LogP contribution >= 0.6 is 11.3 Å². The average Bonchev–Trinajstić information content (AvgIpc) is 2.96. The number of rotatable bonds is 5. The standard InChI is InChI=1S/C12H15N3O4S/c1-3-19-8(16)4-5-12(2)9(17)15(10(18)14-12)11-13-6-7-20-11/h6-7H,3-5H2,1-2H3,(H,14,18). The normalized spacial score (nSPS) is 22.0. The molecule has 8 heteroatoms. The van der Waals surface area contributed by atoms with Gasteiger partial charge in [0.2, 0.25) is 5.13 Å². The molecule has 1 atom stereocenters. The number of thiazole rings is 1. The summed E-state index contributed by atoms with van der Waals surface area (Å²) < 4.78 is 4.82. The Kier molecular flexibility index (Phi) is 4.03. The van der Waals surface area contributed by atoms with Gasteiger partial charge in [0.1, 0.15) is 5.54 Å². The molecule has 1 aromatic rings. The fraction of sp³-hybridized carbons (Fsp3) is 0.500. The van der Waals surface area contributed by atoms with Gasteiger partial charge in [0.05, 0.1) is 6.61 Å². The number of imide groups is 1. The number of amides is 3. The highest BCUT2D eigenvalue weighted by Crippen LogP contribution is 2.28. The van der Waals surface area contributed by atoms with E-state index in [4.69, 9.17) is 4.74 Å². The fourth-order valence-electron chi connectivity index (χ4n) is 1.94. The summed E-state index contributed by atoms with van der Waals surface area (Å²) in [7, 11) is 0. The molecule has 0 aliphatic carbocycles. The van der Waals surface area contributed by atoms with E-state index in [2.05, 4.69) is 10.3 Å². The molecule has 1 saturated heterocycles. The van der Waals surface area contributed by atoms with E-state index in [-0.39, 0.29) is 18.8 Å². The molecular weight excluding hydrogens is 282 g/mol. The first-order valence-electron chi connectivity index (χ1n) is 6.20. The Bertz CT molecular complexity index is 531. The van der Waals surface area contributed by atoms with Gasteiger partial charge in [-0.25, -0.2) is 14.7 Å². The van der Waals surface area contributed by atoms with Crippen molar-refractivity contribution in [2.75, 3.05) is 11.5 Å². The van der Waals surface area contributed by atoms with E-state index in [1.165, 1.54) is 17.5 Å². The topological polar surface area (TPSA) is 88.6 Å². The highest BCUT2D eigenvalue weighted by Gasteiger charge is 2.49. The number of nitrogens with one attached hydrogen (secondary N) is 1. The Morgan fingerprint density at radius 3 is 2.90 bits per heavy atom. The quantitative estimate of drug-likeness (QED) is 0.653. The first-order chi connectivity index (χ1) is 9.48. The molecule has 2 rings (SSSR count). The van der Waals surface area contributed by atoms with Crippen molar-refractivity contribution in [3.8, 4) is 0 Å². The second kappa shape index (κ2) is 5.58. The highest BCUT2D eigenvalue weighted by molar-refractivity contribution is 7.14. The van der Waals surface area contributed by atoms with Crippen molar-refractivity contribution in [2.45, 2.75) is 32.2 Å². The number of nitrogens with zero attached hydrogens (tertiary/aromatic N) is 2. The highest BCUT2D eigenvalue weighted by atomic mass is 32.1. The molecule has 108 valence electrons. The lowest BCUT2D eigenvalue weighted by Gasteiger charge is -2.20. The Labute approximate surface area is 119 Å². The van der Waals surface area contributed by atoms with Crippen LogP contribution in [0.2, 0.25) is 0 Å². The summed E-state index contributed by atoms with van der Waals surface area (Å²) in [4.78, 5) is 40.6. The van der Waals surface area contributed by atoms with Crippen LogP contribution in [0.15, 0.2) is 11.6 Å². The van der Waals surface area contributed by atoms with Crippen LogP contribution in [0.1, 0.15) is 26.7 Å². The number of esters is 1. The van der Waals surface area contributed by atoms with Crippen LogP contribution in [0.3, 0.4) is 0 Å². The minimum absolute atomic E-state index is 0.0715. The van der Waals surface area contributed by atoms with Gasteiger partial charge in [0.25, 0.3) is 5.91 Å². The molecule has 1 aliphatic rings. The van der Waals surface area contributed by atoms with Crippen LogP contribution in [0.4, 0.5) is 9.93 Å². The molecule has 0 radical (unpaired) electrons. The van der Waals surface area contributed by atoms with E-state index in [0.717, 1.165) is 4.90 Å². The lowest BCUT2D eigenvalue weighted by atomic mass is 9.96. The van der Waals surface area contributed by atoms with Gasteiger partial charge in [-0.05, 0) is 20.3 Å². The third kappa shape index (κ3) is 2.64. The summed E-state index contributed by atoms with van der Waals surface area (Å²) in [5.74, 6) is -0.787. The number of hydrogen-bond donors (Lipinski definition) is 1. The summed E-state index contributed by atoms with van der Waals surface area (Å²) in [6.45, 7) is 3.60. The van der Waals surface area contributed by atoms with Crippen molar-refractivity contribution in [1.82, 2.24) is 10.3 Å². The smallest absolute Gasteiger partial charge is 0.331 e. The number of ether oxygens (including phenoxy) is 1. The van der Waals surface area contributed by atoms with Crippen molar-refractivity contribution >= 4 is 34.4 Å². The molecule has 0 aromatic carbocycles. The van der Waals surface area contributed by atoms with E-state index in [1.807, 2.05) is 0 Å². The molecule has 1 fully saturated rings. The molecule has 2 heterocycles. The second-order valence-electron chi connectivity index (χ2n) is 4.52. The molecular formula is C12H15N3O4S. The van der Waals surface area contributed by atoms with E-state index < -0.39 is 17.5 Å². The maximum absolute atomic E-state index is 12.4. The Morgan fingerprint density at radius 1 is 1.55 bits per heavy atom. The predicted molar refractivity (Wildman–Crippen MR) is 72.4 cm³/mol. The summed E-state index contributed by atoms with van der Waals surface area (Å²) in [5.41, 5.74) is -1.10. The summed E-state index contributed by atoms with van der Waals surface area (Å²) in [6.07, 6.45) is 1.79. The first-order valence-corrected chi connectivity index (χ1v) is 7.07. The summed E-state index contributed by atoms with van der Waals surface area (Å²) >= 11 is 1.20. The second-order valence-corrected chi connectivity index (χ2v) is 5.40. The largest absolute Gasteiger partial charge is 0.466 e. The molecule has 0 saturated carbocycles. The van der Waals surface area contributed by atoms with Crippen molar-refractivity contribution in [3.63, 3.8) is 0 Å². The third-order valence-electron chi connectivity index (χ3n) is 3.01. The lowest BCUT2D eigenvalue weighted by molar-refractivity contribution is -0.143. The SMILES string of the molecule is CCOC(=O)CCC1(C)NC(=O)N(c2nccs2)C1=O. The molecule has 3 amide bonds. The summed E-state index contributed by atoms with van der Waals surface area (Å²) in [6, 6.07) is -0.517. The van der Waals surface area contributed by atoms with Crippen molar-refractivity contribution < 1.29 is 19.1 Å². The van der Waals surface area contributed by atoms with Gasteiger partial charge in [-0.2, -0.15) is 0 Å². The van der Waals surface area contributed by atoms with E-state index in [1.54, 1.807) is 19.2 Å². The van der Waals surface area contributed by atoms with E-state index in [9.17, 15) is 14.4 Å². The Morgan fingerprint density at radius 2 is 2.30 bits per heavy atom. The molecule has 1 aromatic heterocycles. The molecule has 0 bridgehead atoms. The minimum atomic E-state index is -1.10. The van der Waals surface area contributed by atoms with Crippen LogP contribution in [0.25, 0.3) is 0 Å². The van der Waals surface area contributed by atoms with Gasteiger partial charge < -0.3 is 10.1 Å². The molecule has 7 nitrogen and oxygen atoms in total. The number of anilines is 1. The number of aromatic nitrogens is 1. The number of hydrogen-bond acceptors (Lipinski definition) is 6. The lowest BCUT2D eigenvalue weighted by Crippen LogP contribution is -2.44. The van der Waals surface area contributed by atoms with Crippen molar-refractivity contribution in [2.24, 2.45) is 0 Å². The molecule has 0 spiro atoms. The van der Waals surface area contributed by atoms with Gasteiger partial charge in [-0.3, -0.25) is 9.59 Å². The zero-order valence-electron chi connectivity index (χ0n) is 11.2. The van der Waals surface area contributed by atoms with Crippen LogP contribution in [-0.4, -0.2) is 35.0 Å². The molecule has 1 N–H and O–H groups in total. The van der Waals surface area contributed by atoms with E-state index >= 15 is 0 Å². The predicted octanol–water partition coefficient (Wildman–Crippen LogP) is 1.30. The zero-order chi connectivity index (χ0) is 14.8. The number of carbonyl (C=O) groups excluding carboxylic acids is 3. The van der Waals surface area contributed by atoms with Crippen LogP contribution in [0.5, 0.6) is 0 Å². The van der Waals surface area contributed by atoms with Crippen molar-refractivity contribution in [3.05, 3.63) is 11.6 Å². The maximum atomic E-state index is 12.4. The maximum Gasteiger partial charge on any atom is 0.331 e. The molecule has 20 heavy (non-hydrogen) atoms. The number of carbonyl (C=O) groups is 3. The third-order valence-corrected chi connectivity index (χ3v) is 3.76. The van der Waals surface area contributed by atoms with Gasteiger partial charge in [0.15, 0.2) is 0 Å². The monoisotopic (exact) mass is 297 g/mol. The molecule has 1 aliphatic heterocycles. The fourth-order valence-corrected chi connectivity index (χ4v) is 2.58. The number of urea groups is 1. The Hall–Kier alpha value is -1.96. The Balaban J connectivity index is 2.08. The van der Waals surface area contributed by atoms with Crippen molar-refractivity contribution in [1.29, 1.82) is 0 Å². The van der Waals surface area contributed by atoms with Gasteiger partial charge >= 0.3 is 12.0 Å². The van der Waals surface area contributed by atoms with Crippen LogP contribution in [-0.2, 0) is 14.3 Å². The summed E-state index contributed by atoms with van der Waals surface area (Å²) in [5, 5.41) is 4.62. The van der Waals surface area contributed by atoms with Gasteiger partial charge in [-0.1, -0.05) is 0 Å². The zero-order valence-corrected chi connectivity index (χ0v) is 12.0. The van der Waals surface area contributed by atoms with Gasteiger partial charge in [-0.15, -0.1) is 11.3 Å². The minimum Gasteiger partial charge on any atom is -0.466 e. The van der Waals surface area contributed by atoms with Crippen LogP contribution < -0.4 is 10.2 Å². The first kappa shape index (κ1) is 14.4. The van der Waals surface area contributed by atoms with E-state index in [0.29, 0.717) is 11.7 Å².